The summed E-state index contributed by atoms with van der Waals surface area (Å²) in [6.07, 6.45) is 6.10. The van der Waals surface area contributed by atoms with Crippen molar-refractivity contribution in [1.29, 1.82) is 0 Å². The number of nitrogens with one attached hydrogen (secondary N) is 1. The van der Waals surface area contributed by atoms with Crippen molar-refractivity contribution in [2.24, 2.45) is 0 Å². The van der Waals surface area contributed by atoms with Crippen LogP contribution in [0.25, 0.3) is 11.0 Å². The minimum Gasteiger partial charge on any atom is -0.484 e. The number of rotatable bonds is 11. The van der Waals surface area contributed by atoms with Crippen molar-refractivity contribution in [3.05, 3.63) is 59.4 Å². The first-order valence-electron chi connectivity index (χ1n) is 10.3. The first-order valence-corrected chi connectivity index (χ1v) is 10.6. The molecule has 29 heavy (non-hydrogen) atoms. The summed E-state index contributed by atoms with van der Waals surface area (Å²) in [6.45, 7) is 3.48. The number of nitrogens with zero attached hydrogens (tertiary/aromatic N) is 2. The number of unbranched alkanes of at least 4 members (excludes halogenated alkanes) is 4. The SMILES string of the molecule is CCCCCCCn1c(CNC(=O)COc2ccc(Cl)cc2)nc2ccccc21. The van der Waals surface area contributed by atoms with Crippen molar-refractivity contribution in [3.8, 4) is 5.75 Å². The zero-order valence-electron chi connectivity index (χ0n) is 16.9. The van der Waals surface area contributed by atoms with Gasteiger partial charge in [0.05, 0.1) is 17.6 Å². The molecule has 3 aromatic rings. The molecular formula is C23H28ClN3O2. The van der Waals surface area contributed by atoms with E-state index in [1.54, 1.807) is 24.3 Å². The lowest BCUT2D eigenvalue weighted by molar-refractivity contribution is -0.123. The molecule has 0 saturated carbocycles. The zero-order chi connectivity index (χ0) is 20.5. The smallest absolute Gasteiger partial charge is 0.258 e. The van der Waals surface area contributed by atoms with Crippen LogP contribution in [0.15, 0.2) is 48.5 Å². The minimum atomic E-state index is -0.179. The Morgan fingerprint density at radius 2 is 1.83 bits per heavy atom. The maximum Gasteiger partial charge on any atom is 0.258 e. The lowest BCUT2D eigenvalue weighted by Crippen LogP contribution is -2.29. The second-order valence-electron chi connectivity index (χ2n) is 7.10. The summed E-state index contributed by atoms with van der Waals surface area (Å²) < 4.78 is 7.73. The van der Waals surface area contributed by atoms with Gasteiger partial charge in [0.2, 0.25) is 0 Å². The molecule has 0 atom stereocenters. The van der Waals surface area contributed by atoms with Crippen LogP contribution in [0.3, 0.4) is 0 Å². The van der Waals surface area contributed by atoms with Crippen LogP contribution >= 0.6 is 11.6 Å². The van der Waals surface area contributed by atoms with Gasteiger partial charge in [-0.2, -0.15) is 0 Å². The van der Waals surface area contributed by atoms with E-state index >= 15 is 0 Å². The highest BCUT2D eigenvalue weighted by molar-refractivity contribution is 6.30. The standard InChI is InChI=1S/C23H28ClN3O2/c1-2-3-4-5-8-15-27-21-10-7-6-9-20(21)26-22(27)16-25-23(28)17-29-19-13-11-18(24)12-14-19/h6-7,9-14H,2-5,8,15-17H2,1H3,(H,25,28). The third-order valence-electron chi connectivity index (χ3n) is 4.85. The van der Waals surface area contributed by atoms with Crippen molar-refractivity contribution in [2.75, 3.05) is 6.61 Å². The highest BCUT2D eigenvalue weighted by Gasteiger charge is 2.12. The molecule has 1 N–H and O–H groups in total. The van der Waals surface area contributed by atoms with Gasteiger partial charge in [0.15, 0.2) is 6.61 Å². The Labute approximate surface area is 177 Å². The van der Waals surface area contributed by atoms with Gasteiger partial charge >= 0.3 is 0 Å². The lowest BCUT2D eigenvalue weighted by atomic mass is 10.1. The average molecular weight is 414 g/mol. The van der Waals surface area contributed by atoms with Gasteiger partial charge in [-0.3, -0.25) is 4.79 Å². The molecule has 1 heterocycles. The van der Waals surface area contributed by atoms with Crippen molar-refractivity contribution >= 4 is 28.5 Å². The fourth-order valence-corrected chi connectivity index (χ4v) is 3.42. The normalized spacial score (nSPS) is 11.0. The highest BCUT2D eigenvalue weighted by atomic mass is 35.5. The van der Waals surface area contributed by atoms with E-state index in [4.69, 9.17) is 21.3 Å². The van der Waals surface area contributed by atoms with E-state index in [9.17, 15) is 4.79 Å². The number of amides is 1. The van der Waals surface area contributed by atoms with Crippen molar-refractivity contribution in [3.63, 3.8) is 0 Å². The quantitative estimate of drug-likeness (QED) is 0.431. The van der Waals surface area contributed by atoms with Crippen molar-refractivity contribution in [2.45, 2.75) is 52.1 Å². The molecule has 3 rings (SSSR count). The number of aryl methyl sites for hydroxylation is 1. The maximum absolute atomic E-state index is 12.2. The summed E-state index contributed by atoms with van der Waals surface area (Å²) in [6, 6.07) is 15.1. The van der Waals surface area contributed by atoms with Crippen molar-refractivity contribution in [1.82, 2.24) is 14.9 Å². The Bertz CT molecular complexity index is 922. The highest BCUT2D eigenvalue weighted by Crippen LogP contribution is 2.18. The number of aromatic nitrogens is 2. The molecule has 0 bridgehead atoms. The fourth-order valence-electron chi connectivity index (χ4n) is 3.29. The molecule has 0 aliphatic rings. The Kier molecular flexibility index (Phi) is 7.94. The molecule has 0 radical (unpaired) electrons. The largest absolute Gasteiger partial charge is 0.484 e. The molecule has 5 nitrogen and oxygen atoms in total. The third-order valence-corrected chi connectivity index (χ3v) is 5.10. The first kappa shape index (κ1) is 21.2. The Balaban J connectivity index is 1.57. The molecule has 1 amide bonds. The Morgan fingerprint density at radius 1 is 1.07 bits per heavy atom. The summed E-state index contributed by atoms with van der Waals surface area (Å²) in [7, 11) is 0. The van der Waals surface area contributed by atoms with Crippen LogP contribution in [0.4, 0.5) is 0 Å². The molecule has 6 heteroatoms. The molecule has 154 valence electrons. The molecule has 2 aromatic carbocycles. The van der Waals surface area contributed by atoms with Gasteiger partial charge in [-0.1, -0.05) is 56.3 Å². The summed E-state index contributed by atoms with van der Waals surface area (Å²) in [5.74, 6) is 1.31. The van der Waals surface area contributed by atoms with Crippen LogP contribution in [0.5, 0.6) is 5.75 Å². The van der Waals surface area contributed by atoms with Crippen LogP contribution in [0.1, 0.15) is 44.9 Å². The van der Waals surface area contributed by atoms with Crippen LogP contribution < -0.4 is 10.1 Å². The van der Waals surface area contributed by atoms with Gasteiger partial charge in [0.25, 0.3) is 5.91 Å². The second kappa shape index (κ2) is 10.9. The van der Waals surface area contributed by atoms with Crippen molar-refractivity contribution < 1.29 is 9.53 Å². The van der Waals surface area contributed by atoms with E-state index in [-0.39, 0.29) is 12.5 Å². The molecule has 0 unspecified atom stereocenters. The third kappa shape index (κ3) is 6.23. The van der Waals surface area contributed by atoms with E-state index in [0.717, 1.165) is 29.8 Å². The molecule has 0 aliphatic carbocycles. The van der Waals surface area contributed by atoms with E-state index in [2.05, 4.69) is 22.9 Å². The van der Waals surface area contributed by atoms with Gasteiger partial charge in [-0.25, -0.2) is 4.98 Å². The van der Waals surface area contributed by atoms with Crippen LogP contribution in [-0.2, 0) is 17.9 Å². The van der Waals surface area contributed by atoms with Crippen LogP contribution in [0, 0.1) is 0 Å². The van der Waals surface area contributed by atoms with E-state index < -0.39 is 0 Å². The number of carbonyl (C=O) groups is 1. The number of halogens is 1. The molecule has 0 aliphatic heterocycles. The Morgan fingerprint density at radius 3 is 2.62 bits per heavy atom. The predicted molar refractivity (Wildman–Crippen MR) is 117 cm³/mol. The van der Waals surface area contributed by atoms with Gasteiger partial charge in [0.1, 0.15) is 11.6 Å². The Hall–Kier alpha value is -2.53. The van der Waals surface area contributed by atoms with Gasteiger partial charge in [-0.15, -0.1) is 0 Å². The number of imidazole rings is 1. The molecular weight excluding hydrogens is 386 g/mol. The van der Waals surface area contributed by atoms with Gasteiger partial charge < -0.3 is 14.6 Å². The first-order chi connectivity index (χ1) is 14.2. The van der Waals surface area contributed by atoms with E-state index in [1.165, 1.54) is 25.7 Å². The number of carbonyl (C=O) groups excluding carboxylic acids is 1. The van der Waals surface area contributed by atoms with Crippen LogP contribution in [-0.4, -0.2) is 22.1 Å². The number of hydrogen-bond acceptors (Lipinski definition) is 3. The monoisotopic (exact) mass is 413 g/mol. The fraction of sp³-hybridized carbons (Fsp3) is 0.391. The number of para-hydroxylation sites is 2. The van der Waals surface area contributed by atoms with Gasteiger partial charge in [0, 0.05) is 11.6 Å². The molecule has 0 saturated heterocycles. The molecule has 0 spiro atoms. The zero-order valence-corrected chi connectivity index (χ0v) is 17.6. The number of benzene rings is 2. The maximum atomic E-state index is 12.2. The number of fused-ring (bicyclic) bond motifs is 1. The topological polar surface area (TPSA) is 56.2 Å². The molecule has 1 aromatic heterocycles. The summed E-state index contributed by atoms with van der Waals surface area (Å²) >= 11 is 5.86. The van der Waals surface area contributed by atoms with Crippen LogP contribution in [0.2, 0.25) is 5.02 Å². The van der Waals surface area contributed by atoms with Gasteiger partial charge in [-0.05, 0) is 42.8 Å². The minimum absolute atomic E-state index is 0.0428. The average Bonchev–Trinajstić information content (AvgIpc) is 3.09. The number of hydrogen-bond donors (Lipinski definition) is 1. The lowest BCUT2D eigenvalue weighted by Gasteiger charge is -2.11. The molecule has 0 fully saturated rings. The number of ether oxygens (including phenoxy) is 1. The summed E-state index contributed by atoms with van der Waals surface area (Å²) in [5, 5.41) is 3.55. The summed E-state index contributed by atoms with van der Waals surface area (Å²) in [5.41, 5.74) is 2.08. The van der Waals surface area contributed by atoms with E-state index in [1.807, 2.05) is 18.2 Å². The van der Waals surface area contributed by atoms with E-state index in [0.29, 0.717) is 17.3 Å². The second-order valence-corrected chi connectivity index (χ2v) is 7.54. The summed E-state index contributed by atoms with van der Waals surface area (Å²) in [4.78, 5) is 16.9. The predicted octanol–water partition coefficient (Wildman–Crippen LogP) is 5.36.